The highest BCUT2D eigenvalue weighted by Gasteiger charge is 2.38. The first-order valence-corrected chi connectivity index (χ1v) is 8.82. The second-order valence-electron chi connectivity index (χ2n) is 5.37. The van der Waals surface area contributed by atoms with E-state index in [2.05, 4.69) is 0 Å². The second kappa shape index (κ2) is 6.77. The molecule has 1 saturated heterocycles. The Morgan fingerprint density at radius 2 is 1.95 bits per heavy atom. The highest BCUT2D eigenvalue weighted by molar-refractivity contribution is 7.89. The highest BCUT2D eigenvalue weighted by Crippen LogP contribution is 2.32. The molecule has 2 atom stereocenters. The molecule has 1 N–H and O–H groups in total. The molecule has 6 heteroatoms. The molecule has 1 aromatic rings. The summed E-state index contributed by atoms with van der Waals surface area (Å²) in [5.74, 6) is 0.560. The monoisotopic (exact) mass is 313 g/mol. The first-order valence-electron chi connectivity index (χ1n) is 7.38. The number of nitrogens with zero attached hydrogens (tertiary/aromatic N) is 1. The summed E-state index contributed by atoms with van der Waals surface area (Å²) in [6.45, 7) is 4.12. The summed E-state index contributed by atoms with van der Waals surface area (Å²) in [6, 6.07) is 6.54. The van der Waals surface area contributed by atoms with Gasteiger partial charge in [-0.1, -0.05) is 6.92 Å². The average Bonchev–Trinajstić information content (AvgIpc) is 2.87. The van der Waals surface area contributed by atoms with Gasteiger partial charge in [0, 0.05) is 12.1 Å². The molecule has 1 aliphatic heterocycles. The fourth-order valence-electron chi connectivity index (χ4n) is 2.86. The maximum Gasteiger partial charge on any atom is 0.243 e. The van der Waals surface area contributed by atoms with E-state index in [1.54, 1.807) is 28.6 Å². The van der Waals surface area contributed by atoms with Crippen LogP contribution in [0.15, 0.2) is 29.2 Å². The number of hydrogen-bond acceptors (Lipinski definition) is 4. The van der Waals surface area contributed by atoms with Crippen LogP contribution in [0.2, 0.25) is 0 Å². The summed E-state index contributed by atoms with van der Waals surface area (Å²) in [7, 11) is -3.46. The number of rotatable bonds is 6. The van der Waals surface area contributed by atoms with Crippen molar-refractivity contribution in [1.29, 1.82) is 0 Å². The van der Waals surface area contributed by atoms with Crippen LogP contribution in [0.4, 0.5) is 0 Å². The molecule has 1 aliphatic rings. The van der Waals surface area contributed by atoms with E-state index < -0.39 is 10.0 Å². The molecule has 0 radical (unpaired) electrons. The molecule has 1 heterocycles. The third kappa shape index (κ3) is 3.39. The van der Waals surface area contributed by atoms with Gasteiger partial charge in [-0.25, -0.2) is 8.42 Å². The Bertz CT molecular complexity index is 556. The van der Waals surface area contributed by atoms with E-state index in [4.69, 9.17) is 9.84 Å². The van der Waals surface area contributed by atoms with Crippen molar-refractivity contribution in [2.24, 2.45) is 0 Å². The molecule has 2 unspecified atom stereocenters. The minimum atomic E-state index is -3.46. The smallest absolute Gasteiger partial charge is 0.243 e. The minimum Gasteiger partial charge on any atom is -0.491 e. The molecular formula is C15H23NO4S. The fraction of sp³-hybridized carbons (Fsp3) is 0.600. The van der Waals surface area contributed by atoms with Gasteiger partial charge in [-0.2, -0.15) is 4.31 Å². The predicted octanol–water partition coefficient (Wildman–Crippen LogP) is 2.01. The summed E-state index contributed by atoms with van der Waals surface area (Å²) < 4.78 is 32.5. The average molecular weight is 313 g/mol. The Kier molecular flexibility index (Phi) is 5.24. The summed E-state index contributed by atoms with van der Waals surface area (Å²) in [5, 5.41) is 8.71. The van der Waals surface area contributed by atoms with E-state index in [-0.39, 0.29) is 25.3 Å². The van der Waals surface area contributed by atoms with Crippen LogP contribution in [-0.4, -0.2) is 43.1 Å². The predicted molar refractivity (Wildman–Crippen MR) is 80.8 cm³/mol. The van der Waals surface area contributed by atoms with Crippen molar-refractivity contribution in [3.05, 3.63) is 24.3 Å². The summed E-state index contributed by atoms with van der Waals surface area (Å²) in [6.07, 6.45) is 2.67. The van der Waals surface area contributed by atoms with E-state index in [9.17, 15) is 8.42 Å². The minimum absolute atomic E-state index is 0.0465. The zero-order chi connectivity index (χ0) is 15.5. The van der Waals surface area contributed by atoms with Gasteiger partial charge >= 0.3 is 0 Å². The van der Waals surface area contributed by atoms with Gasteiger partial charge in [0.15, 0.2) is 0 Å². The van der Waals surface area contributed by atoms with Crippen LogP contribution in [-0.2, 0) is 10.0 Å². The van der Waals surface area contributed by atoms with Crippen LogP contribution in [0.1, 0.15) is 33.1 Å². The van der Waals surface area contributed by atoms with Crippen molar-refractivity contribution in [2.75, 3.05) is 13.2 Å². The van der Waals surface area contributed by atoms with Crippen molar-refractivity contribution in [1.82, 2.24) is 4.31 Å². The molecule has 118 valence electrons. The Balaban J connectivity index is 2.22. The van der Waals surface area contributed by atoms with Gasteiger partial charge in [-0.15, -0.1) is 0 Å². The number of benzene rings is 1. The quantitative estimate of drug-likeness (QED) is 0.872. The zero-order valence-corrected chi connectivity index (χ0v) is 13.3. The third-order valence-corrected chi connectivity index (χ3v) is 6.02. The lowest BCUT2D eigenvalue weighted by molar-refractivity contribution is 0.201. The topological polar surface area (TPSA) is 66.8 Å². The second-order valence-corrected chi connectivity index (χ2v) is 7.21. The van der Waals surface area contributed by atoms with E-state index in [1.165, 1.54) is 0 Å². The fourth-order valence-corrected chi connectivity index (χ4v) is 4.81. The number of hydrogen-bond donors (Lipinski definition) is 1. The lowest BCUT2D eigenvalue weighted by Gasteiger charge is -2.27. The van der Waals surface area contributed by atoms with E-state index >= 15 is 0 Å². The molecule has 1 aromatic carbocycles. The number of ether oxygens (including phenoxy) is 1. The molecule has 2 rings (SSSR count). The lowest BCUT2D eigenvalue weighted by Crippen LogP contribution is -2.39. The molecule has 1 fully saturated rings. The molecule has 5 nitrogen and oxygen atoms in total. The molecule has 0 aromatic heterocycles. The highest BCUT2D eigenvalue weighted by atomic mass is 32.2. The van der Waals surface area contributed by atoms with Crippen molar-refractivity contribution in [3.63, 3.8) is 0 Å². The Morgan fingerprint density at radius 1 is 1.29 bits per heavy atom. The lowest BCUT2D eigenvalue weighted by atomic mass is 10.2. The van der Waals surface area contributed by atoms with Crippen LogP contribution in [0, 0.1) is 0 Å². The number of aliphatic hydroxyl groups excluding tert-OH is 1. The first-order chi connectivity index (χ1) is 10.0. The van der Waals surface area contributed by atoms with E-state index in [0.29, 0.717) is 10.6 Å². The molecule has 0 spiro atoms. The maximum atomic E-state index is 12.8. The summed E-state index contributed by atoms with van der Waals surface area (Å²) in [5.41, 5.74) is 0. The number of sulfonamides is 1. The summed E-state index contributed by atoms with van der Waals surface area (Å²) >= 11 is 0. The van der Waals surface area contributed by atoms with Crippen LogP contribution >= 0.6 is 0 Å². The van der Waals surface area contributed by atoms with Gasteiger partial charge in [-0.3, -0.25) is 0 Å². The van der Waals surface area contributed by atoms with Crippen LogP contribution in [0.25, 0.3) is 0 Å². The van der Waals surface area contributed by atoms with E-state index in [1.807, 2.05) is 13.8 Å². The standard InChI is InChI=1S/C15H23NO4S/c1-3-13-5-4-12(2)16(13)21(18,19)15-8-6-14(7-9-15)20-11-10-17/h6-9,12-13,17H,3-5,10-11H2,1-2H3. The van der Waals surface area contributed by atoms with Crippen molar-refractivity contribution < 1.29 is 18.3 Å². The van der Waals surface area contributed by atoms with Gasteiger partial charge in [-0.05, 0) is 50.5 Å². The van der Waals surface area contributed by atoms with Gasteiger partial charge < -0.3 is 9.84 Å². The molecule has 21 heavy (non-hydrogen) atoms. The van der Waals surface area contributed by atoms with Crippen LogP contribution in [0.3, 0.4) is 0 Å². The van der Waals surface area contributed by atoms with Crippen LogP contribution < -0.4 is 4.74 Å². The van der Waals surface area contributed by atoms with Crippen molar-refractivity contribution in [3.8, 4) is 5.75 Å². The van der Waals surface area contributed by atoms with Crippen molar-refractivity contribution >= 4 is 10.0 Å². The zero-order valence-electron chi connectivity index (χ0n) is 12.5. The SMILES string of the molecule is CCC1CCC(C)N1S(=O)(=O)c1ccc(OCCO)cc1. The summed E-state index contributed by atoms with van der Waals surface area (Å²) in [4.78, 5) is 0.297. The third-order valence-electron chi connectivity index (χ3n) is 3.94. The van der Waals surface area contributed by atoms with Crippen molar-refractivity contribution in [2.45, 2.75) is 50.1 Å². The Labute approximate surface area is 126 Å². The normalized spacial score (nSPS) is 23.4. The van der Waals surface area contributed by atoms with Gasteiger partial charge in [0.2, 0.25) is 10.0 Å². The largest absolute Gasteiger partial charge is 0.491 e. The first kappa shape index (κ1) is 16.3. The molecule has 0 aliphatic carbocycles. The van der Waals surface area contributed by atoms with E-state index in [0.717, 1.165) is 19.3 Å². The van der Waals surface area contributed by atoms with Gasteiger partial charge in [0.1, 0.15) is 12.4 Å². The Hall–Kier alpha value is -1.11. The van der Waals surface area contributed by atoms with Gasteiger partial charge in [0.25, 0.3) is 0 Å². The Morgan fingerprint density at radius 3 is 2.52 bits per heavy atom. The molecule has 0 saturated carbocycles. The van der Waals surface area contributed by atoms with Crippen LogP contribution in [0.5, 0.6) is 5.75 Å². The molecule has 0 amide bonds. The maximum absolute atomic E-state index is 12.8. The van der Waals surface area contributed by atoms with Gasteiger partial charge in [0.05, 0.1) is 11.5 Å². The molecular weight excluding hydrogens is 290 g/mol. The molecule has 0 bridgehead atoms. The number of aliphatic hydroxyl groups is 1.